The van der Waals surface area contributed by atoms with Gasteiger partial charge in [0.2, 0.25) is 0 Å². The number of nitrogens with two attached hydrogens (primary N) is 1. The van der Waals surface area contributed by atoms with Gasteiger partial charge in [0.15, 0.2) is 5.78 Å². The molecule has 1 aromatic carbocycles. The third-order valence-electron chi connectivity index (χ3n) is 6.33. The molecule has 0 spiro atoms. The lowest BCUT2D eigenvalue weighted by atomic mass is 9.87. The monoisotopic (exact) mass is 394 g/mol. The number of anilines is 1. The number of amides is 1. The van der Waals surface area contributed by atoms with Crippen molar-refractivity contribution in [1.82, 2.24) is 15.1 Å². The molecule has 0 radical (unpaired) electrons. The molecule has 2 aliphatic carbocycles. The minimum atomic E-state index is -0.174. The summed E-state index contributed by atoms with van der Waals surface area (Å²) in [7, 11) is 0. The van der Waals surface area contributed by atoms with E-state index in [1.165, 1.54) is 6.20 Å². The van der Waals surface area contributed by atoms with Crippen molar-refractivity contribution in [2.75, 3.05) is 5.73 Å². The van der Waals surface area contributed by atoms with Gasteiger partial charge >= 0.3 is 0 Å². The summed E-state index contributed by atoms with van der Waals surface area (Å²) in [5.41, 5.74) is 9.07. The van der Waals surface area contributed by atoms with Crippen LogP contribution in [0.2, 0.25) is 0 Å². The number of carbonyl (C=O) groups excluding carboxylic acids is 2. The Morgan fingerprint density at radius 2 is 1.90 bits per heavy atom. The molecular weight excluding hydrogens is 364 g/mol. The van der Waals surface area contributed by atoms with Gasteiger partial charge in [0.1, 0.15) is 11.4 Å². The predicted molar refractivity (Wildman–Crippen MR) is 113 cm³/mol. The second-order valence-electron chi connectivity index (χ2n) is 8.86. The predicted octanol–water partition coefficient (Wildman–Crippen LogP) is 4.05. The van der Waals surface area contributed by atoms with Crippen LogP contribution in [-0.2, 0) is 0 Å². The van der Waals surface area contributed by atoms with Gasteiger partial charge in [-0.15, -0.1) is 0 Å². The van der Waals surface area contributed by atoms with E-state index in [1.54, 1.807) is 4.68 Å². The number of aromatic nitrogens is 2. The maximum atomic E-state index is 12.7. The molecule has 1 aromatic heterocycles. The fourth-order valence-corrected chi connectivity index (χ4v) is 4.11. The highest BCUT2D eigenvalue weighted by atomic mass is 16.1. The molecule has 1 amide bonds. The smallest absolute Gasteiger partial charge is 0.256 e. The second kappa shape index (κ2) is 8.01. The fourth-order valence-electron chi connectivity index (χ4n) is 4.11. The van der Waals surface area contributed by atoms with Gasteiger partial charge in [-0.2, -0.15) is 5.10 Å². The molecule has 2 saturated carbocycles. The summed E-state index contributed by atoms with van der Waals surface area (Å²) in [6.45, 7) is 4.21. The van der Waals surface area contributed by atoms with Crippen molar-refractivity contribution in [3.05, 3.63) is 41.1 Å². The summed E-state index contributed by atoms with van der Waals surface area (Å²) >= 11 is 0. The topological polar surface area (TPSA) is 90.0 Å². The number of aryl methyl sites for hydroxylation is 1. The summed E-state index contributed by atoms with van der Waals surface area (Å²) < 4.78 is 1.57. The molecule has 1 heterocycles. The quantitative estimate of drug-likeness (QED) is 0.723. The van der Waals surface area contributed by atoms with E-state index < -0.39 is 0 Å². The Balaban J connectivity index is 1.53. The zero-order chi connectivity index (χ0) is 20.5. The first kappa shape index (κ1) is 19.7. The molecule has 3 N–H and O–H groups in total. The number of rotatable bonds is 6. The van der Waals surface area contributed by atoms with E-state index in [0.29, 0.717) is 29.3 Å². The van der Waals surface area contributed by atoms with Crippen LogP contribution in [0.4, 0.5) is 5.82 Å². The fraction of sp³-hybridized carbons (Fsp3) is 0.522. The number of benzene rings is 1. The number of hydrogen-bond acceptors (Lipinski definition) is 4. The van der Waals surface area contributed by atoms with Gasteiger partial charge < -0.3 is 11.1 Å². The lowest BCUT2D eigenvalue weighted by Crippen LogP contribution is -2.37. The number of ketones is 1. The SMILES string of the molecule is Cc1ccc(C(=O)CC2CC2)cc1-n1ncc(C(=O)NC2CCC(C)CC2)c1N. The molecular formula is C23H30N4O2. The van der Waals surface area contributed by atoms with Gasteiger partial charge in [-0.3, -0.25) is 9.59 Å². The minimum Gasteiger partial charge on any atom is -0.383 e. The van der Waals surface area contributed by atoms with E-state index >= 15 is 0 Å². The zero-order valence-corrected chi connectivity index (χ0v) is 17.3. The van der Waals surface area contributed by atoms with E-state index in [-0.39, 0.29) is 17.7 Å². The molecule has 0 atom stereocenters. The third-order valence-corrected chi connectivity index (χ3v) is 6.33. The normalized spacial score (nSPS) is 21.7. The Morgan fingerprint density at radius 1 is 1.17 bits per heavy atom. The van der Waals surface area contributed by atoms with Crippen molar-refractivity contribution in [3.8, 4) is 5.69 Å². The van der Waals surface area contributed by atoms with E-state index in [4.69, 9.17) is 5.73 Å². The summed E-state index contributed by atoms with van der Waals surface area (Å²) in [6, 6.07) is 5.82. The highest BCUT2D eigenvalue weighted by Crippen LogP contribution is 2.34. The molecule has 6 heteroatoms. The Morgan fingerprint density at radius 3 is 2.59 bits per heavy atom. The average molecular weight is 395 g/mol. The highest BCUT2D eigenvalue weighted by Gasteiger charge is 2.26. The van der Waals surface area contributed by atoms with Gasteiger partial charge in [0.05, 0.1) is 11.9 Å². The average Bonchev–Trinajstić information content (AvgIpc) is 3.43. The summed E-state index contributed by atoms with van der Waals surface area (Å²) in [5, 5.41) is 7.47. The largest absolute Gasteiger partial charge is 0.383 e. The number of nitrogen functional groups attached to an aromatic ring is 1. The van der Waals surface area contributed by atoms with Crippen molar-refractivity contribution < 1.29 is 9.59 Å². The molecule has 6 nitrogen and oxygen atoms in total. The van der Waals surface area contributed by atoms with Gasteiger partial charge in [-0.25, -0.2) is 4.68 Å². The Bertz CT molecular complexity index is 921. The highest BCUT2D eigenvalue weighted by molar-refractivity contribution is 5.99. The molecule has 0 bridgehead atoms. The third kappa shape index (κ3) is 4.36. The van der Waals surface area contributed by atoms with E-state index in [1.807, 2.05) is 25.1 Å². The minimum absolute atomic E-state index is 0.156. The number of nitrogens with one attached hydrogen (secondary N) is 1. The molecule has 2 aliphatic rings. The molecule has 0 saturated heterocycles. The zero-order valence-electron chi connectivity index (χ0n) is 17.3. The van der Waals surface area contributed by atoms with E-state index in [2.05, 4.69) is 17.3 Å². The lowest BCUT2D eigenvalue weighted by Gasteiger charge is -2.26. The molecule has 0 unspecified atom stereocenters. The molecule has 29 heavy (non-hydrogen) atoms. The first-order valence-electron chi connectivity index (χ1n) is 10.7. The van der Waals surface area contributed by atoms with Crippen molar-refractivity contribution >= 4 is 17.5 Å². The first-order valence-corrected chi connectivity index (χ1v) is 10.7. The molecule has 2 aromatic rings. The van der Waals surface area contributed by atoms with Crippen LogP contribution in [-0.4, -0.2) is 27.5 Å². The number of hydrogen-bond donors (Lipinski definition) is 2. The first-order chi connectivity index (χ1) is 13.9. The summed E-state index contributed by atoms with van der Waals surface area (Å²) in [6.07, 6.45) is 8.71. The second-order valence-corrected chi connectivity index (χ2v) is 8.86. The maximum absolute atomic E-state index is 12.7. The van der Waals surface area contributed by atoms with E-state index in [0.717, 1.165) is 55.7 Å². The summed E-state index contributed by atoms with van der Waals surface area (Å²) in [4.78, 5) is 25.3. The van der Waals surface area contributed by atoms with E-state index in [9.17, 15) is 9.59 Å². The molecule has 154 valence electrons. The Kier molecular flexibility index (Phi) is 5.43. The van der Waals surface area contributed by atoms with Crippen LogP contribution in [0.15, 0.2) is 24.4 Å². The standard InChI is InChI=1S/C23H30N4O2/c1-14-3-9-18(10-4-14)26-23(29)19-13-25-27(22(19)24)20-12-17(8-5-15(20)2)21(28)11-16-6-7-16/h5,8,12-14,16,18H,3-4,6-7,9-11,24H2,1-2H3,(H,26,29). The van der Waals surface area contributed by atoms with Crippen molar-refractivity contribution in [1.29, 1.82) is 0 Å². The summed E-state index contributed by atoms with van der Waals surface area (Å²) in [5.74, 6) is 1.56. The van der Waals surface area contributed by atoms with Crippen LogP contribution in [0.5, 0.6) is 0 Å². The molecule has 2 fully saturated rings. The van der Waals surface area contributed by atoms with Crippen molar-refractivity contribution in [3.63, 3.8) is 0 Å². The molecule has 4 rings (SSSR count). The van der Waals surface area contributed by atoms with Crippen LogP contribution in [0.25, 0.3) is 5.69 Å². The molecule has 0 aliphatic heterocycles. The van der Waals surface area contributed by atoms with Crippen LogP contribution in [0, 0.1) is 18.8 Å². The van der Waals surface area contributed by atoms with Gasteiger partial charge in [0, 0.05) is 18.0 Å². The number of Topliss-reactive ketones (excluding diaryl/α,β-unsaturated/α-hetero) is 1. The van der Waals surface area contributed by atoms with Gasteiger partial charge in [0.25, 0.3) is 5.91 Å². The van der Waals surface area contributed by atoms with Crippen LogP contribution in [0.3, 0.4) is 0 Å². The van der Waals surface area contributed by atoms with Gasteiger partial charge in [-0.1, -0.05) is 19.1 Å². The Hall–Kier alpha value is -2.63. The number of nitrogens with zero attached hydrogens (tertiary/aromatic N) is 2. The lowest BCUT2D eigenvalue weighted by molar-refractivity contribution is 0.0922. The van der Waals surface area contributed by atoms with Crippen LogP contribution >= 0.6 is 0 Å². The van der Waals surface area contributed by atoms with Crippen LogP contribution < -0.4 is 11.1 Å². The Labute approximate surface area is 171 Å². The van der Waals surface area contributed by atoms with Gasteiger partial charge in [-0.05, 0) is 68.9 Å². The maximum Gasteiger partial charge on any atom is 0.256 e. The van der Waals surface area contributed by atoms with Crippen molar-refractivity contribution in [2.45, 2.75) is 64.8 Å². The van der Waals surface area contributed by atoms with Crippen molar-refractivity contribution in [2.24, 2.45) is 11.8 Å². The van der Waals surface area contributed by atoms with Crippen LogP contribution in [0.1, 0.15) is 78.1 Å². The number of carbonyl (C=O) groups is 2.